The zero-order chi connectivity index (χ0) is 12.1. The molecule has 0 unspecified atom stereocenters. The molecule has 0 saturated carbocycles. The maximum absolute atomic E-state index is 10.3. The standard InChI is InChI=1S/C12H12N2O2S/c1-17-12-13-7-9(8-14-12)11-5-4-10(16-11)3-2-6-15/h4-8H,2-3H2,1H3. The largest absolute Gasteiger partial charge is 0.461 e. The van der Waals surface area contributed by atoms with E-state index in [1.165, 1.54) is 11.8 Å². The lowest BCUT2D eigenvalue weighted by molar-refractivity contribution is -0.107. The van der Waals surface area contributed by atoms with E-state index in [1.54, 1.807) is 12.4 Å². The Morgan fingerprint density at radius 1 is 1.35 bits per heavy atom. The van der Waals surface area contributed by atoms with Crippen molar-refractivity contribution in [1.29, 1.82) is 0 Å². The van der Waals surface area contributed by atoms with Crippen molar-refractivity contribution in [3.8, 4) is 11.3 Å². The first-order valence-electron chi connectivity index (χ1n) is 5.22. The van der Waals surface area contributed by atoms with E-state index in [2.05, 4.69) is 9.97 Å². The lowest BCUT2D eigenvalue weighted by Gasteiger charge is -1.97. The van der Waals surface area contributed by atoms with Gasteiger partial charge in [0.2, 0.25) is 0 Å². The second-order valence-electron chi connectivity index (χ2n) is 3.43. The molecular weight excluding hydrogens is 236 g/mol. The SMILES string of the molecule is CSc1ncc(-c2ccc(CCC=O)o2)cn1. The quantitative estimate of drug-likeness (QED) is 0.462. The van der Waals surface area contributed by atoms with Crippen molar-refractivity contribution in [2.24, 2.45) is 0 Å². The molecule has 0 aliphatic carbocycles. The molecule has 0 aliphatic heterocycles. The number of carbonyl (C=O) groups excluding carboxylic acids is 1. The number of hydrogen-bond acceptors (Lipinski definition) is 5. The zero-order valence-corrected chi connectivity index (χ0v) is 10.2. The first kappa shape index (κ1) is 11.9. The van der Waals surface area contributed by atoms with Crippen LogP contribution in [0.5, 0.6) is 0 Å². The van der Waals surface area contributed by atoms with Crippen LogP contribution in [0.2, 0.25) is 0 Å². The fourth-order valence-corrected chi connectivity index (χ4v) is 1.73. The van der Waals surface area contributed by atoms with Crippen LogP contribution in [0.25, 0.3) is 11.3 Å². The zero-order valence-electron chi connectivity index (χ0n) is 9.42. The molecule has 0 fully saturated rings. The summed E-state index contributed by atoms with van der Waals surface area (Å²) in [7, 11) is 0. The Bertz CT molecular complexity index is 493. The molecule has 0 radical (unpaired) electrons. The van der Waals surface area contributed by atoms with Gasteiger partial charge in [0.1, 0.15) is 17.8 Å². The van der Waals surface area contributed by atoms with Gasteiger partial charge in [-0.05, 0) is 18.4 Å². The van der Waals surface area contributed by atoms with Gasteiger partial charge in [0, 0.05) is 25.2 Å². The summed E-state index contributed by atoms with van der Waals surface area (Å²) in [6.45, 7) is 0. The minimum Gasteiger partial charge on any atom is -0.461 e. The summed E-state index contributed by atoms with van der Waals surface area (Å²) in [4.78, 5) is 18.6. The summed E-state index contributed by atoms with van der Waals surface area (Å²) < 4.78 is 5.60. The third kappa shape index (κ3) is 2.94. The number of carbonyl (C=O) groups is 1. The van der Waals surface area contributed by atoms with Crippen LogP contribution in [0.1, 0.15) is 12.2 Å². The molecule has 0 aromatic carbocycles. The summed E-state index contributed by atoms with van der Waals surface area (Å²) in [6.07, 6.45) is 7.41. The average molecular weight is 248 g/mol. The molecule has 2 rings (SSSR count). The van der Waals surface area contributed by atoms with Gasteiger partial charge in [0.25, 0.3) is 0 Å². The molecule has 0 bridgehead atoms. The smallest absolute Gasteiger partial charge is 0.187 e. The van der Waals surface area contributed by atoms with Gasteiger partial charge in [0.05, 0.1) is 5.56 Å². The molecule has 0 N–H and O–H groups in total. The Morgan fingerprint density at radius 3 is 2.76 bits per heavy atom. The van der Waals surface area contributed by atoms with Crippen LogP contribution in [0.15, 0.2) is 34.1 Å². The molecule has 0 atom stereocenters. The van der Waals surface area contributed by atoms with Crippen molar-refractivity contribution in [1.82, 2.24) is 9.97 Å². The van der Waals surface area contributed by atoms with E-state index in [-0.39, 0.29) is 0 Å². The molecular formula is C12H12N2O2S. The Morgan fingerprint density at radius 2 is 2.12 bits per heavy atom. The molecule has 88 valence electrons. The minimum absolute atomic E-state index is 0.481. The van der Waals surface area contributed by atoms with Crippen LogP contribution in [-0.4, -0.2) is 22.5 Å². The molecule has 0 spiro atoms. The Balaban J connectivity index is 2.15. The average Bonchev–Trinajstić information content (AvgIpc) is 2.85. The summed E-state index contributed by atoms with van der Waals surface area (Å²) in [5.74, 6) is 1.54. The maximum atomic E-state index is 10.3. The molecule has 2 heterocycles. The van der Waals surface area contributed by atoms with Crippen molar-refractivity contribution < 1.29 is 9.21 Å². The number of aromatic nitrogens is 2. The fraction of sp³-hybridized carbons (Fsp3) is 0.250. The first-order chi connectivity index (χ1) is 8.33. The highest BCUT2D eigenvalue weighted by atomic mass is 32.2. The Hall–Kier alpha value is -1.62. The summed E-state index contributed by atoms with van der Waals surface area (Å²) >= 11 is 1.50. The Labute approximate surface area is 103 Å². The number of thioether (sulfide) groups is 1. The van der Waals surface area contributed by atoms with Crippen LogP contribution < -0.4 is 0 Å². The van der Waals surface area contributed by atoms with Crippen molar-refractivity contribution in [2.75, 3.05) is 6.26 Å². The second-order valence-corrected chi connectivity index (χ2v) is 4.20. The summed E-state index contributed by atoms with van der Waals surface area (Å²) in [5, 5.41) is 0.737. The van der Waals surface area contributed by atoms with E-state index < -0.39 is 0 Å². The first-order valence-corrected chi connectivity index (χ1v) is 6.44. The second kappa shape index (κ2) is 5.63. The number of aryl methyl sites for hydroxylation is 1. The maximum Gasteiger partial charge on any atom is 0.187 e. The number of aldehydes is 1. The highest BCUT2D eigenvalue weighted by molar-refractivity contribution is 7.98. The molecule has 2 aromatic rings. The van der Waals surface area contributed by atoms with Crippen molar-refractivity contribution in [3.05, 3.63) is 30.3 Å². The third-order valence-electron chi connectivity index (χ3n) is 2.27. The molecule has 5 heteroatoms. The number of hydrogen-bond donors (Lipinski definition) is 0. The van der Waals surface area contributed by atoms with Gasteiger partial charge in [-0.25, -0.2) is 9.97 Å². The fourth-order valence-electron chi connectivity index (χ4n) is 1.42. The molecule has 17 heavy (non-hydrogen) atoms. The monoisotopic (exact) mass is 248 g/mol. The lowest BCUT2D eigenvalue weighted by atomic mass is 10.2. The van der Waals surface area contributed by atoms with Gasteiger partial charge in [0.15, 0.2) is 5.16 Å². The van der Waals surface area contributed by atoms with Crippen molar-refractivity contribution in [2.45, 2.75) is 18.0 Å². The Kier molecular flexibility index (Phi) is 3.93. The molecule has 0 aliphatic rings. The number of rotatable bonds is 5. The van der Waals surface area contributed by atoms with E-state index in [0.717, 1.165) is 28.5 Å². The van der Waals surface area contributed by atoms with E-state index >= 15 is 0 Å². The summed E-state index contributed by atoms with van der Waals surface area (Å²) in [5.41, 5.74) is 0.847. The van der Waals surface area contributed by atoms with E-state index in [0.29, 0.717) is 12.8 Å². The van der Waals surface area contributed by atoms with Crippen LogP contribution in [0.4, 0.5) is 0 Å². The predicted molar refractivity (Wildman–Crippen MR) is 65.9 cm³/mol. The predicted octanol–water partition coefficient (Wildman–Crippen LogP) is 2.59. The van der Waals surface area contributed by atoms with Crippen LogP contribution in [0, 0.1) is 0 Å². The van der Waals surface area contributed by atoms with Crippen molar-refractivity contribution >= 4 is 18.0 Å². The minimum atomic E-state index is 0.481. The summed E-state index contributed by atoms with van der Waals surface area (Å²) in [6, 6.07) is 3.75. The molecule has 0 amide bonds. The van der Waals surface area contributed by atoms with Gasteiger partial charge in [-0.2, -0.15) is 0 Å². The molecule has 2 aromatic heterocycles. The van der Waals surface area contributed by atoms with E-state index in [9.17, 15) is 4.79 Å². The topological polar surface area (TPSA) is 56.0 Å². The van der Waals surface area contributed by atoms with Crippen LogP contribution in [0.3, 0.4) is 0 Å². The highest BCUT2D eigenvalue weighted by Gasteiger charge is 2.05. The van der Waals surface area contributed by atoms with E-state index in [4.69, 9.17) is 4.42 Å². The van der Waals surface area contributed by atoms with Gasteiger partial charge in [-0.15, -0.1) is 0 Å². The van der Waals surface area contributed by atoms with Crippen LogP contribution in [-0.2, 0) is 11.2 Å². The van der Waals surface area contributed by atoms with E-state index in [1.807, 2.05) is 18.4 Å². The van der Waals surface area contributed by atoms with Gasteiger partial charge < -0.3 is 9.21 Å². The number of nitrogens with zero attached hydrogens (tertiary/aromatic N) is 2. The highest BCUT2D eigenvalue weighted by Crippen LogP contribution is 2.22. The molecule has 4 nitrogen and oxygen atoms in total. The van der Waals surface area contributed by atoms with Gasteiger partial charge in [-0.1, -0.05) is 11.8 Å². The molecule has 0 saturated heterocycles. The van der Waals surface area contributed by atoms with Gasteiger partial charge >= 0.3 is 0 Å². The van der Waals surface area contributed by atoms with Crippen LogP contribution >= 0.6 is 11.8 Å². The number of furan rings is 1. The normalized spacial score (nSPS) is 10.4. The third-order valence-corrected chi connectivity index (χ3v) is 2.84. The van der Waals surface area contributed by atoms with Gasteiger partial charge in [-0.3, -0.25) is 0 Å². The van der Waals surface area contributed by atoms with Crippen molar-refractivity contribution in [3.63, 3.8) is 0 Å². The lowest BCUT2D eigenvalue weighted by Crippen LogP contribution is -1.85.